The number of pyridine rings is 1. The number of nitrogens with one attached hydrogen (secondary N) is 2. The highest BCUT2D eigenvalue weighted by Crippen LogP contribution is 2.26. The number of aromatic amines is 1. The number of H-pyrrole nitrogens is 1. The number of ketones is 1. The fourth-order valence-electron chi connectivity index (χ4n) is 2.89. The lowest BCUT2D eigenvalue weighted by molar-refractivity contribution is 0.103. The Kier molecular flexibility index (Phi) is 7.11. The van der Waals surface area contributed by atoms with Crippen LogP contribution in [0.25, 0.3) is 0 Å². The van der Waals surface area contributed by atoms with Gasteiger partial charge in [0.1, 0.15) is 0 Å². The average Bonchev–Trinajstić information content (AvgIpc) is 3.02. The molecule has 1 unspecified atom stereocenters. The quantitative estimate of drug-likeness (QED) is 0.535. The number of sulfonamides is 1. The van der Waals surface area contributed by atoms with Crippen molar-refractivity contribution in [3.63, 3.8) is 0 Å². The van der Waals surface area contributed by atoms with Crippen LogP contribution in [-0.4, -0.2) is 30.4 Å². The molecule has 3 aromatic rings. The molecule has 0 aliphatic heterocycles. The molecule has 0 bridgehead atoms. The lowest BCUT2D eigenvalue weighted by Gasteiger charge is -2.10. The Morgan fingerprint density at radius 2 is 1.83 bits per heavy atom. The molecule has 1 atom stereocenters. The number of rotatable bonds is 6. The van der Waals surface area contributed by atoms with Crippen molar-refractivity contribution < 1.29 is 13.2 Å². The summed E-state index contributed by atoms with van der Waals surface area (Å²) in [5, 5.41) is 0.578. The van der Waals surface area contributed by atoms with Crippen LogP contribution < -0.4 is 4.72 Å². The van der Waals surface area contributed by atoms with E-state index in [4.69, 9.17) is 11.6 Å². The zero-order valence-electron chi connectivity index (χ0n) is 16.1. The van der Waals surface area contributed by atoms with Crippen LogP contribution >= 0.6 is 24.0 Å². The molecule has 0 radical (unpaired) electrons. The molecule has 6 nitrogen and oxygen atoms in total. The van der Waals surface area contributed by atoms with E-state index in [0.29, 0.717) is 22.0 Å². The number of nitrogens with zero attached hydrogens (tertiary/aromatic N) is 1. The van der Waals surface area contributed by atoms with Crippen LogP contribution in [0.15, 0.2) is 48.7 Å². The van der Waals surface area contributed by atoms with Crippen LogP contribution in [0.2, 0.25) is 5.02 Å². The predicted octanol–water partition coefficient (Wildman–Crippen LogP) is 4.55. The van der Waals surface area contributed by atoms with E-state index >= 15 is 0 Å². The van der Waals surface area contributed by atoms with Crippen molar-refractivity contribution in [2.45, 2.75) is 19.8 Å². The second kappa shape index (κ2) is 8.98. The van der Waals surface area contributed by atoms with Crippen molar-refractivity contribution in [2.75, 3.05) is 11.0 Å². The molecule has 0 aliphatic carbocycles. The molecular formula is C20H21Cl2N3O3S. The number of benzene rings is 1. The average molecular weight is 454 g/mol. The van der Waals surface area contributed by atoms with Crippen LogP contribution in [0.1, 0.15) is 45.8 Å². The van der Waals surface area contributed by atoms with Gasteiger partial charge in [-0.2, -0.15) is 0 Å². The van der Waals surface area contributed by atoms with Gasteiger partial charge >= 0.3 is 0 Å². The molecule has 0 spiro atoms. The Bertz CT molecular complexity index is 1110. The first-order chi connectivity index (χ1) is 13.1. The Labute approximate surface area is 181 Å². The lowest BCUT2D eigenvalue weighted by atomic mass is 10.0. The molecule has 3 rings (SSSR count). The smallest absolute Gasteiger partial charge is 0.229 e. The maximum Gasteiger partial charge on any atom is 0.229 e. The normalized spacial score (nSPS) is 12.1. The number of carbonyl (C=O) groups is 1. The SMILES string of the molecule is Cc1cc(C(C)c2ccc(NS(C)(=O)=O)cn2)[nH]c1C(=O)c1ccc(Cl)cc1.Cl. The van der Waals surface area contributed by atoms with Gasteiger partial charge in [-0.05, 0) is 55.0 Å². The molecule has 0 saturated heterocycles. The number of hydrogen-bond donors (Lipinski definition) is 2. The molecule has 9 heteroatoms. The Morgan fingerprint density at radius 3 is 2.38 bits per heavy atom. The number of aryl methyl sites for hydroxylation is 1. The van der Waals surface area contributed by atoms with Gasteiger partial charge < -0.3 is 4.98 Å². The summed E-state index contributed by atoms with van der Waals surface area (Å²) in [6.07, 6.45) is 2.56. The third-order valence-corrected chi connectivity index (χ3v) is 5.23. The van der Waals surface area contributed by atoms with E-state index in [1.54, 1.807) is 36.4 Å². The minimum atomic E-state index is -3.35. The summed E-state index contributed by atoms with van der Waals surface area (Å²) in [4.78, 5) is 20.3. The van der Waals surface area contributed by atoms with Gasteiger partial charge in [0.2, 0.25) is 15.8 Å². The molecule has 1 aromatic carbocycles. The Morgan fingerprint density at radius 1 is 1.17 bits per heavy atom. The molecule has 0 saturated carbocycles. The summed E-state index contributed by atoms with van der Waals surface area (Å²) in [6, 6.07) is 12.1. The summed E-state index contributed by atoms with van der Waals surface area (Å²) >= 11 is 5.89. The highest BCUT2D eigenvalue weighted by molar-refractivity contribution is 7.92. The van der Waals surface area contributed by atoms with Gasteiger partial charge in [0.25, 0.3) is 0 Å². The van der Waals surface area contributed by atoms with Gasteiger partial charge in [-0.3, -0.25) is 14.5 Å². The van der Waals surface area contributed by atoms with Crippen LogP contribution in [0.4, 0.5) is 5.69 Å². The van der Waals surface area contributed by atoms with Gasteiger partial charge in [-0.15, -0.1) is 12.4 Å². The highest BCUT2D eigenvalue weighted by Gasteiger charge is 2.19. The summed E-state index contributed by atoms with van der Waals surface area (Å²) in [5.41, 5.74) is 3.94. The van der Waals surface area contributed by atoms with E-state index in [1.165, 1.54) is 6.20 Å². The second-order valence-corrected chi connectivity index (χ2v) is 8.87. The third kappa shape index (κ3) is 5.59. The van der Waals surface area contributed by atoms with Crippen LogP contribution in [0, 0.1) is 6.92 Å². The molecule has 29 heavy (non-hydrogen) atoms. The summed E-state index contributed by atoms with van der Waals surface area (Å²) in [5.74, 6) is -0.203. The maximum atomic E-state index is 12.8. The van der Waals surface area contributed by atoms with Crippen molar-refractivity contribution in [1.82, 2.24) is 9.97 Å². The van der Waals surface area contributed by atoms with Gasteiger partial charge in [-0.1, -0.05) is 18.5 Å². The minimum absolute atomic E-state index is 0. The van der Waals surface area contributed by atoms with Gasteiger partial charge in [0.15, 0.2) is 0 Å². The lowest BCUT2D eigenvalue weighted by Crippen LogP contribution is -2.10. The molecule has 2 aromatic heterocycles. The maximum absolute atomic E-state index is 12.8. The zero-order chi connectivity index (χ0) is 20.5. The van der Waals surface area contributed by atoms with E-state index in [-0.39, 0.29) is 24.1 Å². The third-order valence-electron chi connectivity index (χ3n) is 4.37. The van der Waals surface area contributed by atoms with Crippen LogP contribution in [-0.2, 0) is 10.0 Å². The van der Waals surface area contributed by atoms with Gasteiger partial charge in [0, 0.05) is 27.9 Å². The van der Waals surface area contributed by atoms with E-state index in [2.05, 4.69) is 14.7 Å². The van der Waals surface area contributed by atoms with E-state index in [0.717, 1.165) is 23.2 Å². The molecular weight excluding hydrogens is 433 g/mol. The van der Waals surface area contributed by atoms with Crippen LogP contribution in [0.3, 0.4) is 0 Å². The molecule has 2 N–H and O–H groups in total. The number of anilines is 1. The molecule has 0 aliphatic rings. The van der Waals surface area contributed by atoms with E-state index < -0.39 is 10.0 Å². The van der Waals surface area contributed by atoms with Crippen molar-refractivity contribution in [1.29, 1.82) is 0 Å². The van der Waals surface area contributed by atoms with Gasteiger partial charge in [-0.25, -0.2) is 8.42 Å². The monoisotopic (exact) mass is 453 g/mol. The van der Waals surface area contributed by atoms with Crippen LogP contribution in [0.5, 0.6) is 0 Å². The first-order valence-electron chi connectivity index (χ1n) is 8.57. The van der Waals surface area contributed by atoms with Crippen molar-refractivity contribution in [3.05, 3.63) is 81.9 Å². The number of aromatic nitrogens is 2. The second-order valence-electron chi connectivity index (χ2n) is 6.69. The summed E-state index contributed by atoms with van der Waals surface area (Å²) < 4.78 is 25.0. The molecule has 2 heterocycles. The first-order valence-corrected chi connectivity index (χ1v) is 10.8. The minimum Gasteiger partial charge on any atom is -0.355 e. The molecule has 0 fully saturated rings. The highest BCUT2D eigenvalue weighted by atomic mass is 35.5. The number of halogens is 2. The summed E-state index contributed by atoms with van der Waals surface area (Å²) in [6.45, 7) is 3.84. The standard InChI is InChI=1S/C20H20ClN3O3S.ClH/c1-12-10-18(23-19(12)20(25)14-4-6-15(21)7-5-14)13(2)17-9-8-16(11-22-17)24-28(3,26)27;/h4-11,13,23-24H,1-3H3;1H. The van der Waals surface area contributed by atoms with Crippen molar-refractivity contribution in [2.24, 2.45) is 0 Å². The topological polar surface area (TPSA) is 91.9 Å². The number of carbonyl (C=O) groups excluding carboxylic acids is 1. The molecule has 154 valence electrons. The van der Waals surface area contributed by atoms with Crippen molar-refractivity contribution in [3.8, 4) is 0 Å². The zero-order valence-corrected chi connectivity index (χ0v) is 18.5. The Hall–Kier alpha value is -2.35. The molecule has 0 amide bonds. The predicted molar refractivity (Wildman–Crippen MR) is 118 cm³/mol. The van der Waals surface area contributed by atoms with Gasteiger partial charge in [0.05, 0.1) is 23.8 Å². The fraction of sp³-hybridized carbons (Fsp3) is 0.200. The first kappa shape index (κ1) is 22.9. The fourth-order valence-corrected chi connectivity index (χ4v) is 3.57. The van der Waals surface area contributed by atoms with E-state index in [9.17, 15) is 13.2 Å². The van der Waals surface area contributed by atoms with E-state index in [1.807, 2.05) is 19.9 Å². The summed E-state index contributed by atoms with van der Waals surface area (Å²) in [7, 11) is -3.35. The Balaban J connectivity index is 0.00000300. The number of hydrogen-bond acceptors (Lipinski definition) is 4. The largest absolute Gasteiger partial charge is 0.355 e. The van der Waals surface area contributed by atoms with Crippen molar-refractivity contribution >= 4 is 45.5 Å².